The molecule has 7 rings (SSSR count). The molecule has 6 aromatic carbocycles. The Balaban J connectivity index is 1.11. The maximum atomic E-state index is 13.5. The Morgan fingerprint density at radius 2 is 1.00 bits per heavy atom. The van der Waals surface area contributed by atoms with E-state index >= 15 is 0 Å². The molecule has 206 valence electrons. The van der Waals surface area contributed by atoms with Crippen LogP contribution in [-0.4, -0.2) is 23.6 Å². The third kappa shape index (κ3) is 4.79. The maximum Gasteiger partial charge on any atom is 0.266 e. The molecule has 0 bridgehead atoms. The first kappa shape index (κ1) is 25.9. The van der Waals surface area contributed by atoms with Crippen LogP contribution < -0.4 is 15.5 Å². The fourth-order valence-electron chi connectivity index (χ4n) is 5.34. The number of anilines is 3. The molecular formula is C36H23N3O4. The minimum Gasteiger partial charge on any atom is -0.322 e. The lowest BCUT2D eigenvalue weighted by Crippen LogP contribution is -2.29. The van der Waals surface area contributed by atoms with E-state index in [1.54, 1.807) is 18.2 Å². The Morgan fingerprint density at radius 3 is 1.60 bits per heavy atom. The van der Waals surface area contributed by atoms with E-state index in [1.807, 2.05) is 84.9 Å². The van der Waals surface area contributed by atoms with Crippen molar-refractivity contribution >= 4 is 62.2 Å². The number of imide groups is 1. The molecule has 0 aliphatic carbocycles. The Morgan fingerprint density at radius 1 is 0.465 bits per heavy atom. The molecule has 0 spiro atoms. The third-order valence-corrected chi connectivity index (χ3v) is 7.53. The van der Waals surface area contributed by atoms with Crippen molar-refractivity contribution in [1.29, 1.82) is 0 Å². The van der Waals surface area contributed by atoms with Crippen molar-refractivity contribution < 1.29 is 19.2 Å². The summed E-state index contributed by atoms with van der Waals surface area (Å²) in [4.78, 5) is 54.0. The van der Waals surface area contributed by atoms with Crippen molar-refractivity contribution in [2.75, 3.05) is 15.5 Å². The SMILES string of the molecule is O=C(Nc1ccc2ccccc2c1)c1cccc(N2C(=O)c3ccc(C(=O)Nc4ccc5ccccc5c4)cc3C2=O)c1. The second-order valence-corrected chi connectivity index (χ2v) is 10.3. The van der Waals surface area contributed by atoms with Crippen LogP contribution in [0.15, 0.2) is 127 Å². The van der Waals surface area contributed by atoms with Crippen LogP contribution in [0.3, 0.4) is 0 Å². The molecule has 0 unspecified atom stereocenters. The van der Waals surface area contributed by atoms with E-state index in [2.05, 4.69) is 10.6 Å². The van der Waals surface area contributed by atoms with Gasteiger partial charge in [-0.3, -0.25) is 19.2 Å². The molecule has 7 nitrogen and oxygen atoms in total. The van der Waals surface area contributed by atoms with Gasteiger partial charge in [-0.25, -0.2) is 4.90 Å². The van der Waals surface area contributed by atoms with E-state index in [-0.39, 0.29) is 33.8 Å². The topological polar surface area (TPSA) is 95.6 Å². The number of nitrogens with zero attached hydrogens (tertiary/aromatic N) is 1. The summed E-state index contributed by atoms with van der Waals surface area (Å²) in [6.45, 7) is 0. The first-order valence-electron chi connectivity index (χ1n) is 13.7. The van der Waals surface area contributed by atoms with Crippen molar-refractivity contribution in [1.82, 2.24) is 0 Å². The van der Waals surface area contributed by atoms with E-state index in [9.17, 15) is 19.2 Å². The van der Waals surface area contributed by atoms with Gasteiger partial charge in [0.15, 0.2) is 0 Å². The molecule has 6 aromatic rings. The summed E-state index contributed by atoms with van der Waals surface area (Å²) in [5.74, 6) is -1.86. The van der Waals surface area contributed by atoms with Crippen LogP contribution in [0.1, 0.15) is 41.4 Å². The molecule has 7 heteroatoms. The van der Waals surface area contributed by atoms with Crippen molar-refractivity contribution in [2.45, 2.75) is 0 Å². The van der Waals surface area contributed by atoms with E-state index in [4.69, 9.17) is 0 Å². The zero-order valence-corrected chi connectivity index (χ0v) is 22.7. The summed E-state index contributed by atoms with van der Waals surface area (Å²) in [5, 5.41) is 9.84. The quantitative estimate of drug-likeness (QED) is 0.216. The predicted molar refractivity (Wildman–Crippen MR) is 168 cm³/mol. The van der Waals surface area contributed by atoms with Crippen LogP contribution in [0.25, 0.3) is 21.5 Å². The van der Waals surface area contributed by atoms with E-state index in [1.165, 1.54) is 24.3 Å². The number of hydrogen-bond acceptors (Lipinski definition) is 4. The van der Waals surface area contributed by atoms with Crippen molar-refractivity contribution in [3.63, 3.8) is 0 Å². The maximum absolute atomic E-state index is 13.5. The average Bonchev–Trinajstić information content (AvgIpc) is 3.29. The molecule has 1 aliphatic rings. The number of carbonyl (C=O) groups is 4. The molecule has 4 amide bonds. The Labute approximate surface area is 246 Å². The van der Waals surface area contributed by atoms with Gasteiger partial charge in [0.25, 0.3) is 23.6 Å². The number of amides is 4. The predicted octanol–water partition coefficient (Wildman–Crippen LogP) is 7.30. The summed E-state index contributed by atoms with van der Waals surface area (Å²) >= 11 is 0. The van der Waals surface area contributed by atoms with Crippen molar-refractivity contribution in [2.24, 2.45) is 0 Å². The normalized spacial score (nSPS) is 12.4. The van der Waals surface area contributed by atoms with Crippen LogP contribution in [0.4, 0.5) is 17.1 Å². The number of carbonyl (C=O) groups excluding carboxylic acids is 4. The third-order valence-electron chi connectivity index (χ3n) is 7.53. The zero-order chi connectivity index (χ0) is 29.5. The van der Waals surface area contributed by atoms with Crippen molar-refractivity contribution in [3.8, 4) is 0 Å². The fraction of sp³-hybridized carbons (Fsp3) is 0. The second kappa shape index (κ2) is 10.4. The monoisotopic (exact) mass is 561 g/mol. The molecular weight excluding hydrogens is 538 g/mol. The highest BCUT2D eigenvalue weighted by atomic mass is 16.2. The van der Waals surface area contributed by atoms with Gasteiger partial charge < -0.3 is 10.6 Å². The molecule has 43 heavy (non-hydrogen) atoms. The molecule has 0 fully saturated rings. The number of rotatable bonds is 5. The summed E-state index contributed by atoms with van der Waals surface area (Å²) in [7, 11) is 0. The highest BCUT2D eigenvalue weighted by molar-refractivity contribution is 6.35. The van der Waals surface area contributed by atoms with Gasteiger partial charge in [0.05, 0.1) is 16.8 Å². The van der Waals surface area contributed by atoms with E-state index < -0.39 is 17.7 Å². The molecule has 2 N–H and O–H groups in total. The van der Waals surface area contributed by atoms with Gasteiger partial charge in [-0.05, 0) is 82.2 Å². The lowest BCUT2D eigenvalue weighted by Gasteiger charge is -2.15. The molecule has 0 saturated carbocycles. The zero-order valence-electron chi connectivity index (χ0n) is 22.7. The van der Waals surface area contributed by atoms with Crippen LogP contribution in [0, 0.1) is 0 Å². The first-order chi connectivity index (χ1) is 20.9. The molecule has 0 saturated heterocycles. The van der Waals surface area contributed by atoms with Crippen LogP contribution in [0.5, 0.6) is 0 Å². The van der Waals surface area contributed by atoms with Gasteiger partial charge in [-0.15, -0.1) is 0 Å². The smallest absolute Gasteiger partial charge is 0.266 e. The van der Waals surface area contributed by atoms with Gasteiger partial charge in [-0.2, -0.15) is 0 Å². The standard InChI is InChI=1S/C36H23N3O4/c40-33(37-28-15-12-22-6-1-3-8-24(22)18-28)26-10-5-11-30(20-26)39-35(42)31-17-14-27(21-32(31)36(39)43)34(41)38-29-16-13-23-7-2-4-9-25(23)19-29/h1-21H,(H,37,40)(H,38,41). The lowest BCUT2D eigenvalue weighted by atomic mass is 10.0. The van der Waals surface area contributed by atoms with Crippen LogP contribution >= 0.6 is 0 Å². The molecule has 1 heterocycles. The molecule has 0 atom stereocenters. The van der Waals surface area contributed by atoms with Gasteiger partial charge in [-0.1, -0.05) is 66.7 Å². The number of nitrogens with one attached hydrogen (secondary N) is 2. The van der Waals surface area contributed by atoms with E-state index in [0.717, 1.165) is 26.4 Å². The van der Waals surface area contributed by atoms with Gasteiger partial charge in [0, 0.05) is 22.5 Å². The lowest BCUT2D eigenvalue weighted by molar-refractivity contribution is 0.0923. The highest BCUT2D eigenvalue weighted by Gasteiger charge is 2.37. The van der Waals surface area contributed by atoms with Crippen LogP contribution in [0.2, 0.25) is 0 Å². The molecule has 0 radical (unpaired) electrons. The molecule has 0 aromatic heterocycles. The number of benzene rings is 6. The summed E-state index contributed by atoms with van der Waals surface area (Å²) in [6.07, 6.45) is 0. The Kier molecular flexibility index (Phi) is 6.25. The van der Waals surface area contributed by atoms with Crippen molar-refractivity contribution in [3.05, 3.63) is 150 Å². The first-order valence-corrected chi connectivity index (χ1v) is 13.7. The second-order valence-electron chi connectivity index (χ2n) is 10.3. The number of fused-ring (bicyclic) bond motifs is 3. The summed E-state index contributed by atoms with van der Waals surface area (Å²) < 4.78 is 0. The summed E-state index contributed by atoms with van der Waals surface area (Å²) in [6, 6.07) is 37.7. The summed E-state index contributed by atoms with van der Waals surface area (Å²) in [5.41, 5.74) is 2.37. The van der Waals surface area contributed by atoms with Gasteiger partial charge in [0.1, 0.15) is 0 Å². The Bertz CT molecular complexity index is 2140. The van der Waals surface area contributed by atoms with E-state index in [0.29, 0.717) is 11.4 Å². The highest BCUT2D eigenvalue weighted by Crippen LogP contribution is 2.30. The largest absolute Gasteiger partial charge is 0.322 e. The van der Waals surface area contributed by atoms with Crippen LogP contribution in [-0.2, 0) is 0 Å². The fourth-order valence-corrected chi connectivity index (χ4v) is 5.34. The minimum atomic E-state index is -0.563. The van der Waals surface area contributed by atoms with Gasteiger partial charge in [0.2, 0.25) is 0 Å². The minimum absolute atomic E-state index is 0.127. The average molecular weight is 562 g/mol. The Hall–Kier alpha value is -6.08. The van der Waals surface area contributed by atoms with Gasteiger partial charge >= 0.3 is 0 Å². The molecule has 1 aliphatic heterocycles. The number of hydrogen-bond donors (Lipinski definition) is 2.